The fourth-order valence-corrected chi connectivity index (χ4v) is 1.64. The number of ether oxygens (including phenoxy) is 1. The minimum absolute atomic E-state index is 0.268. The molecule has 1 aliphatic carbocycles. The SMILES string of the molecule is C=CC(=O)OCCONC1CCCCC1. The number of hydroxylamine groups is 1. The van der Waals surface area contributed by atoms with Crippen molar-refractivity contribution < 1.29 is 14.4 Å². The van der Waals surface area contributed by atoms with E-state index in [0.29, 0.717) is 12.6 Å². The second kappa shape index (κ2) is 7.43. The first-order chi connectivity index (χ1) is 7.33. The number of hydrogen-bond acceptors (Lipinski definition) is 4. The van der Waals surface area contributed by atoms with Crippen molar-refractivity contribution >= 4 is 5.97 Å². The number of rotatable bonds is 6. The maximum absolute atomic E-state index is 10.7. The van der Waals surface area contributed by atoms with Crippen LogP contribution in [0.25, 0.3) is 0 Å². The molecule has 0 heterocycles. The van der Waals surface area contributed by atoms with Gasteiger partial charge in [-0.05, 0) is 12.8 Å². The molecule has 0 unspecified atom stereocenters. The van der Waals surface area contributed by atoms with E-state index in [-0.39, 0.29) is 6.61 Å². The van der Waals surface area contributed by atoms with Crippen molar-refractivity contribution in [3.05, 3.63) is 12.7 Å². The zero-order valence-corrected chi connectivity index (χ0v) is 9.04. The monoisotopic (exact) mass is 213 g/mol. The minimum atomic E-state index is -0.406. The van der Waals surface area contributed by atoms with E-state index in [1.54, 1.807) is 0 Å². The molecule has 0 aromatic carbocycles. The first kappa shape index (κ1) is 12.2. The van der Waals surface area contributed by atoms with E-state index in [4.69, 9.17) is 9.57 Å². The fourth-order valence-electron chi connectivity index (χ4n) is 1.64. The van der Waals surface area contributed by atoms with Crippen LogP contribution in [-0.4, -0.2) is 25.2 Å². The summed E-state index contributed by atoms with van der Waals surface area (Å²) in [6.07, 6.45) is 7.36. The Kier molecular flexibility index (Phi) is 6.04. The Morgan fingerprint density at radius 1 is 1.33 bits per heavy atom. The molecule has 1 aliphatic rings. The fraction of sp³-hybridized carbons (Fsp3) is 0.727. The van der Waals surface area contributed by atoms with Gasteiger partial charge in [0.05, 0.1) is 0 Å². The molecule has 0 bridgehead atoms. The van der Waals surface area contributed by atoms with Crippen molar-refractivity contribution in [1.82, 2.24) is 5.48 Å². The van der Waals surface area contributed by atoms with Gasteiger partial charge in [-0.25, -0.2) is 4.79 Å². The lowest BCUT2D eigenvalue weighted by Crippen LogP contribution is -2.32. The zero-order valence-electron chi connectivity index (χ0n) is 9.04. The van der Waals surface area contributed by atoms with Gasteiger partial charge < -0.3 is 4.74 Å². The van der Waals surface area contributed by atoms with Crippen LogP contribution in [-0.2, 0) is 14.4 Å². The van der Waals surface area contributed by atoms with Crippen LogP contribution in [0.3, 0.4) is 0 Å². The van der Waals surface area contributed by atoms with E-state index in [0.717, 1.165) is 6.08 Å². The van der Waals surface area contributed by atoms with Gasteiger partial charge in [0.2, 0.25) is 0 Å². The first-order valence-electron chi connectivity index (χ1n) is 5.49. The Labute approximate surface area is 90.6 Å². The third-order valence-corrected chi connectivity index (χ3v) is 2.45. The normalized spacial score (nSPS) is 17.3. The van der Waals surface area contributed by atoms with E-state index in [2.05, 4.69) is 12.1 Å². The summed E-state index contributed by atoms with van der Waals surface area (Å²) in [6.45, 7) is 3.96. The van der Waals surface area contributed by atoms with Crippen LogP contribution in [0.1, 0.15) is 32.1 Å². The highest BCUT2D eigenvalue weighted by molar-refractivity contribution is 5.81. The maximum Gasteiger partial charge on any atom is 0.330 e. The van der Waals surface area contributed by atoms with Gasteiger partial charge in [-0.1, -0.05) is 25.8 Å². The van der Waals surface area contributed by atoms with Gasteiger partial charge in [0, 0.05) is 12.1 Å². The van der Waals surface area contributed by atoms with Crippen molar-refractivity contribution in [2.45, 2.75) is 38.1 Å². The second-order valence-electron chi connectivity index (χ2n) is 3.67. The first-order valence-corrected chi connectivity index (χ1v) is 5.49. The van der Waals surface area contributed by atoms with Crippen molar-refractivity contribution in [3.8, 4) is 0 Å². The number of hydrogen-bond donors (Lipinski definition) is 1. The average molecular weight is 213 g/mol. The lowest BCUT2D eigenvalue weighted by Gasteiger charge is -2.22. The van der Waals surface area contributed by atoms with Gasteiger partial charge in [0.15, 0.2) is 0 Å². The third kappa shape index (κ3) is 5.54. The van der Waals surface area contributed by atoms with Gasteiger partial charge in [0.25, 0.3) is 0 Å². The number of esters is 1. The Balaban J connectivity index is 1.91. The summed E-state index contributed by atoms with van der Waals surface area (Å²) >= 11 is 0. The maximum atomic E-state index is 10.7. The van der Waals surface area contributed by atoms with Crippen LogP contribution >= 0.6 is 0 Å². The molecule has 86 valence electrons. The molecule has 0 spiro atoms. The van der Waals surface area contributed by atoms with Gasteiger partial charge in [-0.3, -0.25) is 4.84 Å². The third-order valence-electron chi connectivity index (χ3n) is 2.45. The molecule has 0 aliphatic heterocycles. The highest BCUT2D eigenvalue weighted by atomic mass is 16.7. The van der Waals surface area contributed by atoms with E-state index in [1.165, 1.54) is 32.1 Å². The van der Waals surface area contributed by atoms with Crippen molar-refractivity contribution in [2.24, 2.45) is 0 Å². The summed E-state index contributed by atoms with van der Waals surface area (Å²) in [5, 5.41) is 0. The standard InChI is InChI=1S/C11H19NO3/c1-2-11(13)14-8-9-15-12-10-6-4-3-5-7-10/h2,10,12H,1,3-9H2. The van der Waals surface area contributed by atoms with Crippen molar-refractivity contribution in [2.75, 3.05) is 13.2 Å². The van der Waals surface area contributed by atoms with Gasteiger partial charge in [-0.15, -0.1) is 0 Å². The molecule has 1 N–H and O–H groups in total. The van der Waals surface area contributed by atoms with Gasteiger partial charge in [-0.2, -0.15) is 5.48 Å². The molecule has 0 saturated heterocycles. The van der Waals surface area contributed by atoms with E-state index >= 15 is 0 Å². The highest BCUT2D eigenvalue weighted by Gasteiger charge is 2.12. The summed E-state index contributed by atoms with van der Waals surface area (Å²) in [4.78, 5) is 15.9. The number of carbonyl (C=O) groups is 1. The lowest BCUT2D eigenvalue weighted by atomic mass is 9.96. The van der Waals surface area contributed by atoms with Crippen LogP contribution in [0.4, 0.5) is 0 Å². The summed E-state index contributed by atoms with van der Waals surface area (Å²) in [7, 11) is 0. The van der Waals surface area contributed by atoms with E-state index in [9.17, 15) is 4.79 Å². The Hall–Kier alpha value is -0.870. The largest absolute Gasteiger partial charge is 0.460 e. The Morgan fingerprint density at radius 2 is 2.07 bits per heavy atom. The Bertz CT molecular complexity index is 200. The van der Waals surface area contributed by atoms with Crippen LogP contribution in [0.5, 0.6) is 0 Å². The van der Waals surface area contributed by atoms with Crippen LogP contribution in [0, 0.1) is 0 Å². The molecule has 4 heteroatoms. The summed E-state index contributed by atoms with van der Waals surface area (Å²) in [5.74, 6) is -0.406. The van der Waals surface area contributed by atoms with Crippen LogP contribution in [0.2, 0.25) is 0 Å². The van der Waals surface area contributed by atoms with Gasteiger partial charge >= 0.3 is 5.97 Å². The number of nitrogens with one attached hydrogen (secondary N) is 1. The van der Waals surface area contributed by atoms with Crippen LogP contribution in [0.15, 0.2) is 12.7 Å². The van der Waals surface area contributed by atoms with E-state index in [1.807, 2.05) is 0 Å². The smallest absolute Gasteiger partial charge is 0.330 e. The van der Waals surface area contributed by atoms with Crippen molar-refractivity contribution in [3.63, 3.8) is 0 Å². The predicted molar refractivity (Wildman–Crippen MR) is 57.1 cm³/mol. The molecule has 0 aromatic heterocycles. The van der Waals surface area contributed by atoms with Gasteiger partial charge in [0.1, 0.15) is 13.2 Å². The number of carbonyl (C=O) groups excluding carboxylic acids is 1. The molecule has 1 rings (SSSR count). The molecule has 0 aromatic rings. The molecule has 0 atom stereocenters. The molecular weight excluding hydrogens is 194 g/mol. The molecule has 4 nitrogen and oxygen atoms in total. The van der Waals surface area contributed by atoms with Crippen LogP contribution < -0.4 is 5.48 Å². The van der Waals surface area contributed by atoms with Crippen molar-refractivity contribution in [1.29, 1.82) is 0 Å². The zero-order chi connectivity index (χ0) is 10.9. The van der Waals surface area contributed by atoms with E-state index < -0.39 is 5.97 Å². The molecule has 15 heavy (non-hydrogen) atoms. The molecule has 1 fully saturated rings. The summed E-state index contributed by atoms with van der Waals surface area (Å²) in [5.41, 5.74) is 3.00. The second-order valence-corrected chi connectivity index (χ2v) is 3.67. The quantitative estimate of drug-likeness (QED) is 0.315. The molecule has 0 radical (unpaired) electrons. The highest BCUT2D eigenvalue weighted by Crippen LogP contribution is 2.16. The summed E-state index contributed by atoms with van der Waals surface area (Å²) < 4.78 is 4.76. The Morgan fingerprint density at radius 3 is 2.73 bits per heavy atom. The lowest BCUT2D eigenvalue weighted by molar-refractivity contribution is -0.140. The summed E-state index contributed by atoms with van der Waals surface area (Å²) in [6, 6.07) is 0.467. The predicted octanol–water partition coefficient (Wildman–Crippen LogP) is 1.57. The topological polar surface area (TPSA) is 47.6 Å². The minimum Gasteiger partial charge on any atom is -0.460 e. The molecule has 1 saturated carbocycles. The molecule has 0 amide bonds. The average Bonchev–Trinajstić information content (AvgIpc) is 2.29. The molecular formula is C11H19NO3.